The number of likely N-dealkylation sites (N-methyl/N-ethyl adjacent to an activating group) is 1. The number of aliphatic hydroxyl groups excluding tert-OH is 1. The maximum absolute atomic E-state index is 13.0. The van der Waals surface area contributed by atoms with Gasteiger partial charge in [0.2, 0.25) is 5.91 Å². The van der Waals surface area contributed by atoms with Crippen molar-refractivity contribution in [2.45, 2.75) is 76.1 Å². The van der Waals surface area contributed by atoms with E-state index in [-0.39, 0.29) is 44.4 Å². The summed E-state index contributed by atoms with van der Waals surface area (Å²) in [5, 5.41) is 14.6. The molecule has 0 aromatic heterocycles. The number of nitrogens with one attached hydrogen (secondary N) is 1. The van der Waals surface area contributed by atoms with E-state index in [0.29, 0.717) is 24.3 Å². The highest BCUT2D eigenvalue weighted by Crippen LogP contribution is 2.39. The van der Waals surface area contributed by atoms with Crippen molar-refractivity contribution in [1.82, 2.24) is 15.1 Å². The predicted octanol–water partition coefficient (Wildman–Crippen LogP) is 6.74. The summed E-state index contributed by atoms with van der Waals surface area (Å²) in [7, 11) is 2.09. The largest absolute Gasteiger partial charge is 0.471 e. The molecule has 8 nitrogen and oxygen atoms in total. The Morgan fingerprint density at radius 3 is 2.32 bits per heavy atom. The van der Waals surface area contributed by atoms with Gasteiger partial charge in [0.1, 0.15) is 6.04 Å². The van der Waals surface area contributed by atoms with Crippen LogP contribution in [0.3, 0.4) is 0 Å². The Balaban J connectivity index is 1.13. The van der Waals surface area contributed by atoms with Crippen molar-refractivity contribution in [1.29, 1.82) is 0 Å². The third kappa shape index (κ3) is 8.18. The molecule has 5 atom stereocenters. The molecular weight excluding hydrogens is 647 g/mol. The van der Waals surface area contributed by atoms with Gasteiger partial charge in [-0.05, 0) is 65.9 Å². The molecule has 0 unspecified atom stereocenters. The lowest BCUT2D eigenvalue weighted by atomic mass is 9.98. The van der Waals surface area contributed by atoms with Crippen LogP contribution in [-0.4, -0.2) is 65.2 Å². The molecule has 4 aromatic carbocycles. The van der Waals surface area contributed by atoms with Gasteiger partial charge in [-0.15, -0.1) is 0 Å². The number of aliphatic hydroxyl groups is 1. The number of carbonyl (C=O) groups is 2. The van der Waals surface area contributed by atoms with Crippen molar-refractivity contribution in [3.8, 4) is 0 Å². The molecule has 2 aliphatic heterocycles. The molecule has 11 heteroatoms. The van der Waals surface area contributed by atoms with Crippen molar-refractivity contribution < 1.29 is 37.3 Å². The van der Waals surface area contributed by atoms with Crippen molar-refractivity contribution in [2.75, 3.05) is 20.1 Å². The summed E-state index contributed by atoms with van der Waals surface area (Å²) < 4.78 is 52.1. The van der Waals surface area contributed by atoms with Crippen LogP contribution in [0, 0.1) is 0 Å². The number of halogens is 3. The standard InChI is InChI=1S/C39H42F3N3O5/c1-25(31-18-17-28-6-3-4-7-32(28)20-31)44(2)23-33-21-35(29-13-11-27(24-46)12-14-29)50-37(49-33)30-15-9-26(10-16-30)22-43-36(47)34-8-5-19-45(34)38(48)39(40,41)42/h3-4,6-7,9-18,20,25,33-35,37,46H,5,8,19,21-24H2,1-2H3,(H,43,47)/t25-,33-,34+,35+,37+/m1/s1. The van der Waals surface area contributed by atoms with Crippen LogP contribution in [0.15, 0.2) is 91.0 Å². The third-order valence-corrected chi connectivity index (χ3v) is 9.80. The van der Waals surface area contributed by atoms with Gasteiger partial charge in [0.15, 0.2) is 6.29 Å². The molecule has 4 aromatic rings. The number of fused-ring (bicyclic) bond motifs is 1. The predicted molar refractivity (Wildman–Crippen MR) is 182 cm³/mol. The van der Waals surface area contributed by atoms with Crippen molar-refractivity contribution in [3.63, 3.8) is 0 Å². The van der Waals surface area contributed by atoms with Gasteiger partial charge in [0.25, 0.3) is 0 Å². The highest BCUT2D eigenvalue weighted by Gasteiger charge is 2.47. The maximum atomic E-state index is 13.0. The second kappa shape index (κ2) is 15.3. The average Bonchev–Trinajstić information content (AvgIpc) is 3.63. The van der Waals surface area contributed by atoms with E-state index in [1.165, 1.54) is 16.3 Å². The molecular formula is C39H42F3N3O5. The molecule has 2 fully saturated rings. The van der Waals surface area contributed by atoms with Crippen LogP contribution in [0.25, 0.3) is 10.8 Å². The van der Waals surface area contributed by atoms with Gasteiger partial charge in [-0.25, -0.2) is 0 Å². The first kappa shape index (κ1) is 35.5. The van der Waals surface area contributed by atoms with Crippen LogP contribution in [0.2, 0.25) is 0 Å². The average molecular weight is 690 g/mol. The van der Waals surface area contributed by atoms with E-state index < -0.39 is 30.3 Å². The number of benzene rings is 4. The molecule has 2 aliphatic rings. The van der Waals surface area contributed by atoms with Gasteiger partial charge in [-0.1, -0.05) is 84.9 Å². The fourth-order valence-electron chi connectivity index (χ4n) is 6.78. The minimum absolute atomic E-state index is 0.0466. The minimum Gasteiger partial charge on any atom is -0.392 e. The number of likely N-dealkylation sites (tertiary alicyclic amines) is 1. The zero-order valence-electron chi connectivity index (χ0n) is 28.1. The Bertz CT molecular complexity index is 1780. The summed E-state index contributed by atoms with van der Waals surface area (Å²) >= 11 is 0. The van der Waals surface area contributed by atoms with Crippen LogP contribution < -0.4 is 5.32 Å². The molecule has 0 radical (unpaired) electrons. The number of nitrogens with zero attached hydrogens (tertiary/aromatic N) is 2. The molecule has 2 N–H and O–H groups in total. The van der Waals surface area contributed by atoms with E-state index in [1.807, 2.05) is 60.7 Å². The van der Waals surface area contributed by atoms with E-state index in [4.69, 9.17) is 9.47 Å². The molecule has 6 rings (SSSR count). The molecule has 264 valence electrons. The number of hydrogen-bond acceptors (Lipinski definition) is 6. The Hall–Kier alpha value is -4.29. The molecule has 0 bridgehead atoms. The van der Waals surface area contributed by atoms with Gasteiger partial charge in [-0.3, -0.25) is 14.5 Å². The lowest BCUT2D eigenvalue weighted by molar-refractivity contribution is -0.253. The fraction of sp³-hybridized carbons (Fsp3) is 0.385. The summed E-state index contributed by atoms with van der Waals surface area (Å²) in [4.78, 5) is 27.5. The molecule has 2 saturated heterocycles. The number of hydrogen-bond donors (Lipinski definition) is 2. The number of ether oxygens (including phenoxy) is 2. The first-order valence-electron chi connectivity index (χ1n) is 16.9. The summed E-state index contributed by atoms with van der Waals surface area (Å²) in [5.41, 5.74) is 4.52. The van der Waals surface area contributed by atoms with E-state index in [1.54, 1.807) is 0 Å². The summed E-state index contributed by atoms with van der Waals surface area (Å²) in [5.74, 6) is -2.59. The zero-order chi connectivity index (χ0) is 35.4. The van der Waals surface area contributed by atoms with Crippen LogP contribution in [-0.2, 0) is 32.2 Å². The smallest absolute Gasteiger partial charge is 0.392 e. The van der Waals surface area contributed by atoms with Crippen LogP contribution in [0.4, 0.5) is 13.2 Å². The van der Waals surface area contributed by atoms with Gasteiger partial charge in [-0.2, -0.15) is 13.2 Å². The molecule has 2 heterocycles. The Morgan fingerprint density at radius 2 is 1.62 bits per heavy atom. The normalized spacial score (nSPS) is 21.8. The topological polar surface area (TPSA) is 91.3 Å². The highest BCUT2D eigenvalue weighted by atomic mass is 19.4. The first-order valence-corrected chi connectivity index (χ1v) is 16.9. The Kier molecular flexibility index (Phi) is 10.9. The third-order valence-electron chi connectivity index (χ3n) is 9.80. The SMILES string of the molecule is C[C@H](c1ccc2ccccc2c1)N(C)C[C@H]1C[C@@H](c2ccc(CO)cc2)O[C@@H](c2ccc(CNC(=O)[C@@H]3CCCN3C(=O)C(F)(F)F)cc2)O1. The quantitative estimate of drug-likeness (QED) is 0.192. The molecule has 0 spiro atoms. The lowest BCUT2D eigenvalue weighted by Crippen LogP contribution is -2.50. The Labute approximate surface area is 289 Å². The number of carbonyl (C=O) groups excluding carboxylic acids is 2. The van der Waals surface area contributed by atoms with Gasteiger partial charge in [0.05, 0.1) is 18.8 Å². The fourth-order valence-corrected chi connectivity index (χ4v) is 6.78. The van der Waals surface area contributed by atoms with Gasteiger partial charge < -0.3 is 24.8 Å². The summed E-state index contributed by atoms with van der Waals surface area (Å²) in [6, 6.07) is 28.9. The summed E-state index contributed by atoms with van der Waals surface area (Å²) in [6.07, 6.45) is -4.98. The van der Waals surface area contributed by atoms with E-state index >= 15 is 0 Å². The van der Waals surface area contributed by atoms with Gasteiger partial charge in [0, 0.05) is 37.7 Å². The first-order chi connectivity index (χ1) is 24.0. The van der Waals surface area contributed by atoms with Crippen LogP contribution >= 0.6 is 0 Å². The molecule has 50 heavy (non-hydrogen) atoms. The molecule has 0 aliphatic carbocycles. The second-order valence-electron chi connectivity index (χ2n) is 13.2. The molecule has 2 amide bonds. The molecule has 0 saturated carbocycles. The zero-order valence-corrected chi connectivity index (χ0v) is 28.1. The number of alkyl halides is 3. The lowest BCUT2D eigenvalue weighted by Gasteiger charge is -2.39. The van der Waals surface area contributed by atoms with Crippen LogP contribution in [0.1, 0.15) is 72.4 Å². The van der Waals surface area contributed by atoms with Crippen LogP contribution in [0.5, 0.6) is 0 Å². The number of rotatable bonds is 10. The van der Waals surface area contributed by atoms with E-state index in [9.17, 15) is 27.9 Å². The second-order valence-corrected chi connectivity index (χ2v) is 13.2. The summed E-state index contributed by atoms with van der Waals surface area (Å²) in [6.45, 7) is 2.78. The maximum Gasteiger partial charge on any atom is 0.471 e. The number of amides is 2. The van der Waals surface area contributed by atoms with E-state index in [0.717, 1.165) is 22.3 Å². The minimum atomic E-state index is -5.02. The van der Waals surface area contributed by atoms with E-state index in [2.05, 4.69) is 54.5 Å². The van der Waals surface area contributed by atoms with Crippen molar-refractivity contribution >= 4 is 22.6 Å². The highest BCUT2D eigenvalue weighted by molar-refractivity contribution is 5.90. The van der Waals surface area contributed by atoms with Gasteiger partial charge >= 0.3 is 12.1 Å². The van der Waals surface area contributed by atoms with Crippen molar-refractivity contribution in [3.05, 3.63) is 119 Å². The Morgan fingerprint density at radius 1 is 0.940 bits per heavy atom. The monoisotopic (exact) mass is 689 g/mol. The van der Waals surface area contributed by atoms with Crippen molar-refractivity contribution in [2.24, 2.45) is 0 Å².